The summed E-state index contributed by atoms with van der Waals surface area (Å²) in [4.78, 5) is 12.1. The Morgan fingerprint density at radius 2 is 2.18 bits per heavy atom. The fraction of sp³-hybridized carbons (Fsp3) is 0.333. The van der Waals surface area contributed by atoms with Crippen molar-refractivity contribution in [2.45, 2.75) is 19.9 Å². The quantitative estimate of drug-likeness (QED) is 0.631. The molecular formula is C15H21ClN4O2. The van der Waals surface area contributed by atoms with E-state index in [9.17, 15) is 4.79 Å². The lowest BCUT2D eigenvalue weighted by atomic mass is 10.1. The molecule has 0 unspecified atom stereocenters. The van der Waals surface area contributed by atoms with E-state index in [-0.39, 0.29) is 18.3 Å². The van der Waals surface area contributed by atoms with Gasteiger partial charge in [0.1, 0.15) is 0 Å². The molecule has 0 bridgehead atoms. The summed E-state index contributed by atoms with van der Waals surface area (Å²) < 4.78 is 6.77. The number of halogens is 1. The van der Waals surface area contributed by atoms with Crippen LogP contribution in [0.15, 0.2) is 30.5 Å². The van der Waals surface area contributed by atoms with Gasteiger partial charge in [0.15, 0.2) is 5.82 Å². The third-order valence-electron chi connectivity index (χ3n) is 3.16. The van der Waals surface area contributed by atoms with E-state index >= 15 is 0 Å². The van der Waals surface area contributed by atoms with Crippen molar-refractivity contribution in [1.29, 1.82) is 0 Å². The van der Waals surface area contributed by atoms with Crippen LogP contribution in [0.1, 0.15) is 22.3 Å². The number of nitrogens with one attached hydrogen (secondary N) is 1. The van der Waals surface area contributed by atoms with Gasteiger partial charge in [-0.2, -0.15) is 5.10 Å². The largest absolute Gasteiger partial charge is 0.398 e. The van der Waals surface area contributed by atoms with Crippen LogP contribution in [0, 0.1) is 6.92 Å². The number of hydrogen-bond acceptors (Lipinski definition) is 4. The first-order valence-corrected chi connectivity index (χ1v) is 6.80. The average Bonchev–Trinajstić information content (AvgIpc) is 2.89. The molecule has 22 heavy (non-hydrogen) atoms. The molecule has 1 aromatic heterocycles. The summed E-state index contributed by atoms with van der Waals surface area (Å²) in [5, 5.41) is 7.04. The molecule has 7 heteroatoms. The number of aromatic nitrogens is 2. The highest BCUT2D eigenvalue weighted by Crippen LogP contribution is 2.14. The molecule has 2 rings (SSSR count). The van der Waals surface area contributed by atoms with Crippen molar-refractivity contribution < 1.29 is 9.53 Å². The third-order valence-corrected chi connectivity index (χ3v) is 3.16. The number of ether oxygens (including phenoxy) is 1. The van der Waals surface area contributed by atoms with Crippen molar-refractivity contribution in [2.24, 2.45) is 0 Å². The number of nitrogen functional groups attached to an aromatic ring is 1. The Morgan fingerprint density at radius 1 is 1.41 bits per heavy atom. The highest BCUT2D eigenvalue weighted by molar-refractivity contribution is 6.04. The first-order valence-electron chi connectivity index (χ1n) is 6.80. The van der Waals surface area contributed by atoms with Gasteiger partial charge < -0.3 is 15.8 Å². The van der Waals surface area contributed by atoms with E-state index in [0.717, 1.165) is 18.5 Å². The number of methoxy groups -OCH3 is 1. The zero-order chi connectivity index (χ0) is 15.2. The van der Waals surface area contributed by atoms with Crippen LogP contribution in [0.2, 0.25) is 0 Å². The Hall–Kier alpha value is -2.05. The molecule has 0 atom stereocenters. The number of benzene rings is 1. The molecular weight excluding hydrogens is 304 g/mol. The van der Waals surface area contributed by atoms with Gasteiger partial charge in [-0.25, -0.2) is 0 Å². The fourth-order valence-electron chi connectivity index (χ4n) is 1.89. The molecule has 3 N–H and O–H groups in total. The van der Waals surface area contributed by atoms with Crippen LogP contribution in [-0.4, -0.2) is 29.4 Å². The lowest BCUT2D eigenvalue weighted by Gasteiger charge is -2.05. The van der Waals surface area contributed by atoms with Crippen molar-refractivity contribution in [3.05, 3.63) is 41.6 Å². The van der Waals surface area contributed by atoms with Crippen LogP contribution in [0.3, 0.4) is 0 Å². The van der Waals surface area contributed by atoms with Crippen molar-refractivity contribution in [1.82, 2.24) is 9.78 Å². The number of amides is 1. The molecule has 0 saturated carbocycles. The Bertz CT molecular complexity index is 628. The molecule has 0 radical (unpaired) electrons. The van der Waals surface area contributed by atoms with Crippen molar-refractivity contribution in [3.8, 4) is 0 Å². The summed E-state index contributed by atoms with van der Waals surface area (Å²) in [6, 6.07) is 7.01. The molecule has 0 aliphatic carbocycles. The van der Waals surface area contributed by atoms with Gasteiger partial charge in [-0.15, -0.1) is 12.4 Å². The van der Waals surface area contributed by atoms with Gasteiger partial charge in [0.05, 0.1) is 0 Å². The smallest absolute Gasteiger partial charge is 0.256 e. The maximum Gasteiger partial charge on any atom is 0.256 e. The summed E-state index contributed by atoms with van der Waals surface area (Å²) in [5.41, 5.74) is 7.89. The standard InChI is InChI=1S/C15H20N4O2.ClH/c1-11-4-5-12(10-13(11)16)15(20)17-14-6-8-19(18-14)7-3-9-21-2;/h4-6,8,10H,3,7,9,16H2,1-2H3,(H,17,18,20);1H. The zero-order valence-corrected chi connectivity index (χ0v) is 13.5. The molecule has 2 aromatic rings. The summed E-state index contributed by atoms with van der Waals surface area (Å²) in [7, 11) is 1.67. The number of rotatable bonds is 6. The predicted octanol–water partition coefficient (Wildman–Crippen LogP) is 2.48. The van der Waals surface area contributed by atoms with Crippen LogP contribution in [-0.2, 0) is 11.3 Å². The molecule has 1 amide bonds. The summed E-state index contributed by atoms with van der Waals surface area (Å²) in [6.07, 6.45) is 2.70. The van der Waals surface area contributed by atoms with Crippen molar-refractivity contribution >= 4 is 29.8 Å². The molecule has 0 aliphatic heterocycles. The van der Waals surface area contributed by atoms with Gasteiger partial charge in [-0.1, -0.05) is 6.07 Å². The molecule has 6 nitrogen and oxygen atoms in total. The van der Waals surface area contributed by atoms with Crippen LogP contribution < -0.4 is 11.1 Å². The number of nitrogens with zero attached hydrogens (tertiary/aromatic N) is 2. The average molecular weight is 325 g/mol. The van der Waals surface area contributed by atoms with Gasteiger partial charge in [-0.3, -0.25) is 9.48 Å². The van der Waals surface area contributed by atoms with Crippen LogP contribution in [0.5, 0.6) is 0 Å². The second kappa shape index (κ2) is 8.41. The lowest BCUT2D eigenvalue weighted by molar-refractivity contribution is 0.102. The third kappa shape index (κ3) is 4.75. The second-order valence-electron chi connectivity index (χ2n) is 4.84. The number of carbonyl (C=O) groups excluding carboxylic acids is 1. The van der Waals surface area contributed by atoms with Crippen LogP contribution >= 0.6 is 12.4 Å². The minimum atomic E-state index is -0.219. The molecule has 1 heterocycles. The first kappa shape index (κ1) is 18.0. The monoisotopic (exact) mass is 324 g/mol. The van der Waals surface area contributed by atoms with E-state index in [4.69, 9.17) is 10.5 Å². The molecule has 0 saturated heterocycles. The SMILES string of the molecule is COCCCn1ccc(NC(=O)c2ccc(C)c(N)c2)n1.Cl. The van der Waals surface area contributed by atoms with E-state index in [1.54, 1.807) is 30.0 Å². The lowest BCUT2D eigenvalue weighted by Crippen LogP contribution is -2.13. The maximum absolute atomic E-state index is 12.1. The Labute approximate surface area is 136 Å². The molecule has 120 valence electrons. The van der Waals surface area contributed by atoms with Crippen LogP contribution in [0.4, 0.5) is 11.5 Å². The van der Waals surface area contributed by atoms with E-state index in [0.29, 0.717) is 23.7 Å². The highest BCUT2D eigenvalue weighted by atomic mass is 35.5. The van der Waals surface area contributed by atoms with E-state index in [2.05, 4.69) is 10.4 Å². The van der Waals surface area contributed by atoms with Gasteiger partial charge in [0.2, 0.25) is 0 Å². The Morgan fingerprint density at radius 3 is 2.86 bits per heavy atom. The molecule has 0 aliphatic rings. The molecule has 1 aromatic carbocycles. The number of nitrogens with two attached hydrogens (primary N) is 1. The normalized spacial score (nSPS) is 10.1. The fourth-order valence-corrected chi connectivity index (χ4v) is 1.89. The Balaban J connectivity index is 0.00000242. The molecule has 0 spiro atoms. The number of aryl methyl sites for hydroxylation is 2. The summed E-state index contributed by atoms with van der Waals surface area (Å²) >= 11 is 0. The van der Waals surface area contributed by atoms with E-state index in [1.807, 2.05) is 19.2 Å². The summed E-state index contributed by atoms with van der Waals surface area (Å²) in [5.74, 6) is 0.306. The topological polar surface area (TPSA) is 82.2 Å². The minimum absolute atomic E-state index is 0. The minimum Gasteiger partial charge on any atom is -0.398 e. The van der Waals surface area contributed by atoms with Gasteiger partial charge in [0.25, 0.3) is 5.91 Å². The second-order valence-corrected chi connectivity index (χ2v) is 4.84. The Kier molecular flexibility index (Phi) is 6.88. The first-order chi connectivity index (χ1) is 10.1. The van der Waals surface area contributed by atoms with Crippen LogP contribution in [0.25, 0.3) is 0 Å². The number of anilines is 2. The summed E-state index contributed by atoms with van der Waals surface area (Å²) in [6.45, 7) is 3.34. The van der Waals surface area contributed by atoms with Gasteiger partial charge in [-0.05, 0) is 31.0 Å². The predicted molar refractivity (Wildman–Crippen MR) is 89.5 cm³/mol. The zero-order valence-electron chi connectivity index (χ0n) is 12.7. The van der Waals surface area contributed by atoms with E-state index < -0.39 is 0 Å². The molecule has 0 fully saturated rings. The number of hydrogen-bond donors (Lipinski definition) is 2. The van der Waals surface area contributed by atoms with Crippen molar-refractivity contribution in [2.75, 3.05) is 24.8 Å². The van der Waals surface area contributed by atoms with Gasteiger partial charge in [0, 0.05) is 43.8 Å². The number of carbonyl (C=O) groups is 1. The maximum atomic E-state index is 12.1. The van der Waals surface area contributed by atoms with E-state index in [1.165, 1.54) is 0 Å². The van der Waals surface area contributed by atoms with Gasteiger partial charge >= 0.3 is 0 Å². The van der Waals surface area contributed by atoms with Crippen molar-refractivity contribution in [3.63, 3.8) is 0 Å². The highest BCUT2D eigenvalue weighted by Gasteiger charge is 2.09.